The molecule has 1 aliphatic heterocycles. The molecule has 0 aromatic carbocycles. The molecule has 0 unspecified atom stereocenters. The van der Waals surface area contributed by atoms with Gasteiger partial charge in [0.15, 0.2) is 9.84 Å². The number of methoxy groups -OCH3 is 1. The summed E-state index contributed by atoms with van der Waals surface area (Å²) < 4.78 is 27.9. The normalized spacial score (nSPS) is 22.2. The Kier molecular flexibility index (Phi) is 5.98. The van der Waals surface area contributed by atoms with Crippen LogP contribution in [0, 0.1) is 0 Å². The first-order valence-electron chi connectivity index (χ1n) is 6.91. The van der Waals surface area contributed by atoms with E-state index in [2.05, 4.69) is 4.74 Å². The van der Waals surface area contributed by atoms with Crippen LogP contribution in [0.15, 0.2) is 0 Å². The topological polar surface area (TPSA) is 80.8 Å². The van der Waals surface area contributed by atoms with Gasteiger partial charge in [0.25, 0.3) is 0 Å². The minimum atomic E-state index is -3.11. The van der Waals surface area contributed by atoms with Gasteiger partial charge in [-0.25, -0.2) is 13.2 Å². The number of sulfone groups is 1. The van der Waals surface area contributed by atoms with E-state index in [0.29, 0.717) is 12.8 Å². The number of hydrogen-bond donors (Lipinski definition) is 0. The summed E-state index contributed by atoms with van der Waals surface area (Å²) in [6, 6.07) is -1.17. The highest BCUT2D eigenvalue weighted by molar-refractivity contribution is 7.91. The summed E-state index contributed by atoms with van der Waals surface area (Å²) in [4.78, 5) is 25.4. The maximum absolute atomic E-state index is 12.3. The summed E-state index contributed by atoms with van der Waals surface area (Å²) in [5, 5.41) is 0. The van der Waals surface area contributed by atoms with Crippen molar-refractivity contribution >= 4 is 21.7 Å². The summed E-state index contributed by atoms with van der Waals surface area (Å²) in [5.74, 6) is -0.680. The summed E-state index contributed by atoms with van der Waals surface area (Å²) in [5.41, 5.74) is 0. The molecule has 20 heavy (non-hydrogen) atoms. The van der Waals surface area contributed by atoms with Crippen LogP contribution in [-0.2, 0) is 24.2 Å². The Balaban J connectivity index is 2.90. The lowest BCUT2D eigenvalue weighted by molar-refractivity contribution is -0.153. The maximum Gasteiger partial charge on any atom is 0.328 e. The van der Waals surface area contributed by atoms with Crippen molar-refractivity contribution in [2.75, 3.05) is 18.6 Å². The van der Waals surface area contributed by atoms with Crippen molar-refractivity contribution in [3.63, 3.8) is 0 Å². The lowest BCUT2D eigenvalue weighted by atomic mass is 10.1. The van der Waals surface area contributed by atoms with Crippen LogP contribution >= 0.6 is 0 Å². The van der Waals surface area contributed by atoms with Gasteiger partial charge in [0.05, 0.1) is 18.6 Å². The molecule has 0 saturated carbocycles. The van der Waals surface area contributed by atoms with Gasteiger partial charge in [0.1, 0.15) is 6.04 Å². The van der Waals surface area contributed by atoms with Gasteiger partial charge >= 0.3 is 5.97 Å². The van der Waals surface area contributed by atoms with Crippen LogP contribution in [0.2, 0.25) is 0 Å². The molecule has 0 bridgehead atoms. The third-order valence-corrected chi connectivity index (χ3v) is 5.34. The highest BCUT2D eigenvalue weighted by Crippen LogP contribution is 2.22. The Bertz CT molecular complexity index is 459. The molecule has 0 aliphatic carbocycles. The highest BCUT2D eigenvalue weighted by atomic mass is 32.2. The maximum atomic E-state index is 12.3. The Morgan fingerprint density at radius 1 is 1.40 bits per heavy atom. The van der Waals surface area contributed by atoms with E-state index in [1.165, 1.54) is 12.0 Å². The number of unbranched alkanes of at least 4 members (excludes halogenated alkanes) is 1. The number of carbonyl (C=O) groups is 2. The molecular weight excluding hydrogens is 282 g/mol. The van der Waals surface area contributed by atoms with Crippen molar-refractivity contribution in [1.82, 2.24) is 4.90 Å². The zero-order chi connectivity index (χ0) is 15.3. The predicted octanol–water partition coefficient (Wildman–Crippen LogP) is 0.754. The summed E-state index contributed by atoms with van der Waals surface area (Å²) in [6.07, 6.45) is 2.31. The molecule has 7 heteroatoms. The largest absolute Gasteiger partial charge is 0.467 e. The molecule has 1 aliphatic rings. The van der Waals surface area contributed by atoms with Crippen molar-refractivity contribution in [3.05, 3.63) is 0 Å². The van der Waals surface area contributed by atoms with Crippen LogP contribution in [0.25, 0.3) is 0 Å². The summed E-state index contributed by atoms with van der Waals surface area (Å²) >= 11 is 0. The van der Waals surface area contributed by atoms with Gasteiger partial charge < -0.3 is 9.64 Å². The fourth-order valence-electron chi connectivity index (χ4n) is 2.47. The zero-order valence-electron chi connectivity index (χ0n) is 12.3. The van der Waals surface area contributed by atoms with E-state index < -0.39 is 27.9 Å². The van der Waals surface area contributed by atoms with Crippen molar-refractivity contribution in [3.8, 4) is 0 Å². The average Bonchev–Trinajstić information content (AvgIpc) is 2.75. The van der Waals surface area contributed by atoms with Gasteiger partial charge in [-0.1, -0.05) is 13.3 Å². The third-order valence-electron chi connectivity index (χ3n) is 3.59. The minimum absolute atomic E-state index is 0.0633. The van der Waals surface area contributed by atoms with Gasteiger partial charge in [-0.15, -0.1) is 0 Å². The van der Waals surface area contributed by atoms with E-state index in [9.17, 15) is 18.0 Å². The average molecular weight is 305 g/mol. The van der Waals surface area contributed by atoms with E-state index in [1.54, 1.807) is 6.92 Å². The van der Waals surface area contributed by atoms with Gasteiger partial charge in [-0.3, -0.25) is 4.79 Å². The first-order chi connectivity index (χ1) is 9.32. The van der Waals surface area contributed by atoms with Crippen LogP contribution in [0.5, 0.6) is 0 Å². The fraction of sp³-hybridized carbons (Fsp3) is 0.846. The Morgan fingerprint density at radius 3 is 2.50 bits per heavy atom. The number of carbonyl (C=O) groups excluding carboxylic acids is 2. The number of nitrogens with zero attached hydrogens (tertiary/aromatic N) is 1. The molecule has 0 aromatic rings. The molecule has 0 spiro atoms. The molecule has 0 N–H and O–H groups in total. The molecule has 0 radical (unpaired) electrons. The second-order valence-corrected chi connectivity index (χ2v) is 7.39. The first-order valence-corrected chi connectivity index (χ1v) is 8.74. The lowest BCUT2D eigenvalue weighted by Gasteiger charge is -2.32. The van der Waals surface area contributed by atoms with Crippen LogP contribution in [-0.4, -0.2) is 55.9 Å². The second-order valence-electron chi connectivity index (χ2n) is 5.16. The van der Waals surface area contributed by atoms with Crippen LogP contribution in [0.4, 0.5) is 0 Å². The third kappa shape index (κ3) is 4.19. The number of ether oxygens (including phenoxy) is 1. The standard InChI is InChI=1S/C13H23NO5S/c1-4-5-6-12(15)14(10(2)13(16)19-3)11-7-8-20(17,18)9-11/h10-11H,4-9H2,1-3H3/t10-,11+/m1/s1. The molecule has 1 amide bonds. The number of rotatable bonds is 6. The monoisotopic (exact) mass is 305 g/mol. The molecule has 6 nitrogen and oxygen atoms in total. The van der Waals surface area contributed by atoms with Crippen molar-refractivity contribution in [2.24, 2.45) is 0 Å². The summed E-state index contributed by atoms with van der Waals surface area (Å²) in [6.45, 7) is 3.56. The number of hydrogen-bond acceptors (Lipinski definition) is 5. The Labute approximate surface area is 120 Å². The quantitative estimate of drug-likeness (QED) is 0.677. The molecule has 1 heterocycles. The Hall–Kier alpha value is -1.11. The van der Waals surface area contributed by atoms with Gasteiger partial charge in [-0.05, 0) is 19.8 Å². The first kappa shape index (κ1) is 16.9. The zero-order valence-corrected chi connectivity index (χ0v) is 13.1. The van der Waals surface area contributed by atoms with Crippen molar-refractivity contribution in [1.29, 1.82) is 0 Å². The highest BCUT2D eigenvalue weighted by Gasteiger charge is 2.38. The summed E-state index contributed by atoms with van der Waals surface area (Å²) in [7, 11) is -1.84. The van der Waals surface area contributed by atoms with E-state index >= 15 is 0 Å². The number of amides is 1. The molecule has 1 fully saturated rings. The second kappa shape index (κ2) is 7.06. The molecule has 1 rings (SSSR count). The molecular formula is C13H23NO5S. The smallest absolute Gasteiger partial charge is 0.328 e. The SMILES string of the molecule is CCCCC(=O)N([C@H]1CCS(=O)(=O)C1)[C@H](C)C(=O)OC. The molecule has 1 saturated heterocycles. The minimum Gasteiger partial charge on any atom is -0.467 e. The molecule has 2 atom stereocenters. The molecule has 0 aromatic heterocycles. The van der Waals surface area contributed by atoms with Crippen LogP contribution < -0.4 is 0 Å². The van der Waals surface area contributed by atoms with Crippen LogP contribution in [0.3, 0.4) is 0 Å². The van der Waals surface area contributed by atoms with Gasteiger partial charge in [0.2, 0.25) is 5.91 Å². The predicted molar refractivity (Wildman–Crippen MR) is 74.9 cm³/mol. The lowest BCUT2D eigenvalue weighted by Crippen LogP contribution is -2.50. The Morgan fingerprint density at radius 2 is 2.05 bits per heavy atom. The van der Waals surface area contributed by atoms with E-state index in [-0.39, 0.29) is 17.4 Å². The van der Waals surface area contributed by atoms with Crippen molar-refractivity contribution < 1.29 is 22.7 Å². The molecule has 116 valence electrons. The van der Waals surface area contributed by atoms with E-state index in [4.69, 9.17) is 0 Å². The van der Waals surface area contributed by atoms with Crippen LogP contribution in [0.1, 0.15) is 39.5 Å². The fourth-order valence-corrected chi connectivity index (χ4v) is 4.18. The number of esters is 1. The van der Waals surface area contributed by atoms with E-state index in [0.717, 1.165) is 12.8 Å². The van der Waals surface area contributed by atoms with Crippen molar-refractivity contribution in [2.45, 2.75) is 51.6 Å². The van der Waals surface area contributed by atoms with Gasteiger partial charge in [-0.2, -0.15) is 0 Å². The van der Waals surface area contributed by atoms with Gasteiger partial charge in [0, 0.05) is 12.5 Å². The van der Waals surface area contributed by atoms with E-state index in [1.807, 2.05) is 6.92 Å².